The lowest BCUT2D eigenvalue weighted by Gasteiger charge is -2.15. The zero-order valence-electron chi connectivity index (χ0n) is 28.9. The number of halogens is 2. The van der Waals surface area contributed by atoms with Gasteiger partial charge in [0.25, 0.3) is 0 Å². The molecule has 0 bridgehead atoms. The Kier molecular flexibility index (Phi) is 11.4. The molecule has 2 aromatic carbocycles. The van der Waals surface area contributed by atoms with Crippen molar-refractivity contribution in [3.63, 3.8) is 0 Å². The lowest BCUT2D eigenvalue weighted by Crippen LogP contribution is -2.22. The minimum atomic E-state index is -1.18. The van der Waals surface area contributed by atoms with Gasteiger partial charge in [0, 0.05) is 38.2 Å². The van der Waals surface area contributed by atoms with Crippen molar-refractivity contribution in [2.75, 3.05) is 19.1 Å². The number of aromatic amines is 1. The van der Waals surface area contributed by atoms with E-state index in [1.165, 1.54) is 47.8 Å². The Bertz CT molecular complexity index is 2290. The molecule has 6 aromatic rings. The van der Waals surface area contributed by atoms with Crippen LogP contribution in [0.25, 0.3) is 44.6 Å². The van der Waals surface area contributed by atoms with Crippen molar-refractivity contribution in [2.45, 2.75) is 56.6 Å². The zero-order valence-corrected chi connectivity index (χ0v) is 31.5. The van der Waals surface area contributed by atoms with Crippen molar-refractivity contribution in [3.05, 3.63) is 82.7 Å². The molecule has 1 N–H and O–H groups in total. The second-order valence-corrected chi connectivity index (χ2v) is 19.9. The average Bonchev–Trinajstić information content (AvgIpc) is 3.67. The lowest BCUT2D eigenvalue weighted by atomic mass is 10.0. The third kappa shape index (κ3) is 8.06. The zero-order chi connectivity index (χ0) is 36.2. The average molecular weight is 727 g/mol. The van der Waals surface area contributed by atoms with Crippen molar-refractivity contribution < 1.29 is 13.5 Å². The highest BCUT2D eigenvalue weighted by atomic mass is 32.2. The van der Waals surface area contributed by atoms with Gasteiger partial charge in [-0.1, -0.05) is 43.2 Å². The van der Waals surface area contributed by atoms with E-state index in [1.54, 1.807) is 24.5 Å². The first kappa shape index (κ1) is 36.7. The molecule has 0 saturated carbocycles. The van der Waals surface area contributed by atoms with Crippen LogP contribution in [0.1, 0.15) is 22.3 Å². The van der Waals surface area contributed by atoms with Gasteiger partial charge in [-0.25, -0.2) is 28.7 Å². The highest BCUT2D eigenvalue weighted by Gasteiger charge is 2.21. The molecule has 9 nitrogen and oxygen atoms in total. The number of H-pyrrole nitrogens is 1. The van der Waals surface area contributed by atoms with E-state index in [4.69, 9.17) is 4.74 Å². The van der Waals surface area contributed by atoms with E-state index in [0.29, 0.717) is 68.2 Å². The van der Waals surface area contributed by atoms with Gasteiger partial charge in [-0.3, -0.25) is 0 Å². The quantitative estimate of drug-likeness (QED) is 0.0671. The Labute approximate surface area is 299 Å². The Morgan fingerprint density at radius 3 is 1.90 bits per heavy atom. The molecule has 0 saturated heterocycles. The fourth-order valence-corrected chi connectivity index (χ4v) is 6.83. The lowest BCUT2D eigenvalue weighted by molar-refractivity contribution is 0.0898. The number of fused-ring (bicyclic) bond motifs is 2. The summed E-state index contributed by atoms with van der Waals surface area (Å²) in [5.41, 5.74) is 6.67. The number of aryl methyl sites for hydroxylation is 2. The Hall–Kier alpha value is -4.60. The highest BCUT2D eigenvalue weighted by Crippen LogP contribution is 2.34. The third-order valence-corrected chi connectivity index (χ3v) is 10.7. The van der Waals surface area contributed by atoms with Crippen molar-refractivity contribution in [3.8, 4) is 34.7 Å². The summed E-state index contributed by atoms with van der Waals surface area (Å²) >= 11 is 2.85. The summed E-state index contributed by atoms with van der Waals surface area (Å²) < 4.78 is 34.7. The van der Waals surface area contributed by atoms with Gasteiger partial charge >= 0.3 is 0 Å². The second-order valence-electron chi connectivity index (χ2n) is 12.7. The van der Waals surface area contributed by atoms with Crippen LogP contribution in [-0.4, -0.2) is 56.7 Å². The van der Waals surface area contributed by atoms with E-state index in [2.05, 4.69) is 56.7 Å². The smallest absolute Gasteiger partial charge is 0.189 e. The molecule has 0 aliphatic carbocycles. The predicted octanol–water partition coefficient (Wildman–Crippen LogP) is 9.12. The van der Waals surface area contributed by atoms with E-state index in [0.717, 1.165) is 28.3 Å². The molecule has 14 heteroatoms. The second kappa shape index (κ2) is 15.5. The van der Waals surface area contributed by atoms with Gasteiger partial charge in [0.05, 0.1) is 33.3 Å². The van der Waals surface area contributed by atoms with Crippen LogP contribution in [0.15, 0.2) is 59.1 Å². The molecule has 0 amide bonds. The number of aromatic nitrogens is 6. The number of ether oxygens (including phenoxy) is 1. The van der Waals surface area contributed by atoms with Crippen LogP contribution in [0, 0.1) is 48.1 Å². The molecular weight excluding hydrogens is 691 g/mol. The predicted molar refractivity (Wildman–Crippen MR) is 199 cm³/mol. The molecule has 50 heavy (non-hydrogen) atoms. The Morgan fingerprint density at radius 2 is 1.38 bits per heavy atom. The molecular formula is C36H36F2N8OS2Si. The highest BCUT2D eigenvalue weighted by molar-refractivity contribution is 7.98. The molecule has 0 unspecified atom stereocenters. The van der Waals surface area contributed by atoms with Gasteiger partial charge < -0.3 is 14.3 Å². The van der Waals surface area contributed by atoms with Crippen LogP contribution in [-0.2, 0) is 11.5 Å². The van der Waals surface area contributed by atoms with E-state index < -0.39 is 8.07 Å². The maximum Gasteiger partial charge on any atom is 0.189 e. The van der Waals surface area contributed by atoms with Gasteiger partial charge in [0.2, 0.25) is 0 Å². The van der Waals surface area contributed by atoms with Gasteiger partial charge in [0.15, 0.2) is 10.3 Å². The van der Waals surface area contributed by atoms with Crippen LogP contribution < -0.4 is 0 Å². The fraction of sp³-hybridized carbons (Fsp3) is 0.278. The van der Waals surface area contributed by atoms with Crippen LogP contribution in [0.4, 0.5) is 8.78 Å². The standard InChI is InChI=1S/C21H25FN4OSSi.C15H11FN4S/c1-14-10-16(22)6-7-17(14)19-18-15(11-23)12-26(13-27-8-9-29(3,4)5)20(18)25-21(24-19)28-2;1-8-5-10(16)3-4-11(8)13-12-9(6-17)7-18-14(12)20-15(19-13)21-2/h6-7,10,12H,8-9,13H2,1-5H3;3-5,7H,1-2H3,(H,18,19,20). The minimum absolute atomic E-state index is 0.291. The summed E-state index contributed by atoms with van der Waals surface area (Å²) in [5, 5.41) is 21.5. The SMILES string of the molecule is CSc1nc(-c2ccc(F)cc2C)c2c(C#N)c[nH]c2n1.CSc1nc(-c2ccc(F)cc2C)c2c(C#N)cn(COCC[Si](C)(C)C)c2n1. The number of nitrogens with one attached hydrogen (secondary N) is 1. The summed E-state index contributed by atoms with van der Waals surface area (Å²) in [6.45, 7) is 11.6. The third-order valence-electron chi connectivity index (χ3n) is 7.93. The first-order valence-corrected chi connectivity index (χ1v) is 21.8. The number of hydrogen-bond donors (Lipinski definition) is 1. The maximum absolute atomic E-state index is 13.6. The van der Waals surface area contributed by atoms with E-state index in [9.17, 15) is 19.3 Å². The summed E-state index contributed by atoms with van der Waals surface area (Å²) in [4.78, 5) is 21.2. The maximum atomic E-state index is 13.6. The van der Waals surface area contributed by atoms with Crippen LogP contribution in [0.3, 0.4) is 0 Å². The van der Waals surface area contributed by atoms with Gasteiger partial charge in [-0.2, -0.15) is 10.5 Å². The molecule has 0 fully saturated rings. The van der Waals surface area contributed by atoms with E-state index in [1.807, 2.05) is 30.9 Å². The number of rotatable bonds is 9. The number of nitrogens with zero attached hydrogens (tertiary/aromatic N) is 7. The number of thioether (sulfide) groups is 2. The number of hydrogen-bond acceptors (Lipinski definition) is 9. The monoisotopic (exact) mass is 726 g/mol. The Balaban J connectivity index is 0.000000204. The summed E-state index contributed by atoms with van der Waals surface area (Å²) in [6.07, 6.45) is 7.17. The van der Waals surface area contributed by atoms with Crippen molar-refractivity contribution in [1.29, 1.82) is 10.5 Å². The molecule has 0 atom stereocenters. The van der Waals surface area contributed by atoms with Crippen LogP contribution in [0.2, 0.25) is 25.7 Å². The van der Waals surface area contributed by atoms with Gasteiger partial charge in [-0.15, -0.1) is 0 Å². The van der Waals surface area contributed by atoms with E-state index >= 15 is 0 Å². The molecule has 4 heterocycles. The van der Waals surface area contributed by atoms with Gasteiger partial charge in [-0.05, 0) is 79.9 Å². The first-order chi connectivity index (χ1) is 23.9. The molecule has 0 radical (unpaired) electrons. The largest absolute Gasteiger partial charge is 0.361 e. The molecule has 4 aromatic heterocycles. The summed E-state index contributed by atoms with van der Waals surface area (Å²) in [5.74, 6) is -0.586. The normalized spacial score (nSPS) is 11.3. The molecule has 0 aliphatic rings. The van der Waals surface area contributed by atoms with Crippen LogP contribution in [0.5, 0.6) is 0 Å². The molecule has 256 valence electrons. The Morgan fingerprint density at radius 1 is 0.820 bits per heavy atom. The summed E-state index contributed by atoms with van der Waals surface area (Å²) in [6, 6.07) is 14.6. The van der Waals surface area contributed by atoms with E-state index in [-0.39, 0.29) is 11.6 Å². The van der Waals surface area contributed by atoms with Crippen molar-refractivity contribution in [1.82, 2.24) is 29.5 Å². The molecule has 0 aliphatic heterocycles. The van der Waals surface area contributed by atoms with Crippen molar-refractivity contribution in [2.24, 2.45) is 0 Å². The first-order valence-electron chi connectivity index (χ1n) is 15.7. The topological polar surface area (TPSA) is 129 Å². The van der Waals surface area contributed by atoms with Crippen LogP contribution >= 0.6 is 23.5 Å². The number of nitriles is 2. The minimum Gasteiger partial charge on any atom is -0.361 e. The molecule has 0 spiro atoms. The van der Waals surface area contributed by atoms with Gasteiger partial charge in [0.1, 0.15) is 41.8 Å². The molecule has 6 rings (SSSR count). The summed E-state index contributed by atoms with van der Waals surface area (Å²) in [7, 11) is -1.18. The van der Waals surface area contributed by atoms with Crippen molar-refractivity contribution >= 4 is 53.7 Å². The fourth-order valence-electron chi connectivity index (χ4n) is 5.35. The number of benzene rings is 2.